The van der Waals surface area contributed by atoms with Crippen molar-refractivity contribution in [2.24, 2.45) is 0 Å². The molecule has 0 spiro atoms. The first-order valence-electron chi connectivity index (χ1n) is 13.5. The molecule has 2 aromatic carbocycles. The van der Waals surface area contributed by atoms with Crippen LogP contribution in [0.1, 0.15) is 48.0 Å². The van der Waals surface area contributed by atoms with Gasteiger partial charge in [0.2, 0.25) is 11.8 Å². The Kier molecular flexibility index (Phi) is 10.6. The summed E-state index contributed by atoms with van der Waals surface area (Å²) in [7, 11) is 0. The minimum absolute atomic E-state index is 0.0148. The molecule has 0 aromatic heterocycles. The van der Waals surface area contributed by atoms with Crippen molar-refractivity contribution in [2.45, 2.75) is 56.0 Å². The molecule has 13 heteroatoms. The van der Waals surface area contributed by atoms with Crippen LogP contribution in [0.15, 0.2) is 54.6 Å². The zero-order valence-electron chi connectivity index (χ0n) is 22.7. The van der Waals surface area contributed by atoms with Crippen molar-refractivity contribution < 1.29 is 33.9 Å². The van der Waals surface area contributed by atoms with Gasteiger partial charge in [-0.25, -0.2) is 5.01 Å². The van der Waals surface area contributed by atoms with Crippen LogP contribution in [0.2, 0.25) is 5.02 Å². The molecule has 2 saturated heterocycles. The normalized spacial score (nSPS) is 19.4. The van der Waals surface area contributed by atoms with E-state index in [2.05, 4.69) is 10.6 Å². The minimum Gasteiger partial charge on any atom is -0.481 e. The molecule has 2 aliphatic rings. The van der Waals surface area contributed by atoms with Crippen LogP contribution in [-0.2, 0) is 29.7 Å². The number of carbonyl (C=O) groups excluding carboxylic acids is 5. The summed E-state index contributed by atoms with van der Waals surface area (Å²) in [5.74, 6) is -3.67. The fraction of sp³-hybridized carbons (Fsp3) is 0.379. The number of rotatable bonds is 11. The molecule has 3 N–H and O–H groups in total. The zero-order valence-corrected chi connectivity index (χ0v) is 24.2. The quantitative estimate of drug-likeness (QED) is 0.349. The van der Waals surface area contributed by atoms with E-state index < -0.39 is 54.0 Å². The minimum atomic E-state index is -1.34. The predicted molar refractivity (Wildman–Crippen MR) is 155 cm³/mol. The molecule has 0 unspecified atom stereocenters. The van der Waals surface area contributed by atoms with Crippen molar-refractivity contribution in [1.82, 2.24) is 20.7 Å². The molecule has 4 amide bonds. The molecule has 3 atom stereocenters. The third-order valence-corrected chi connectivity index (χ3v) is 8.42. The smallest absolute Gasteiger partial charge is 0.305 e. The number of carboxylic acids is 1. The Balaban J connectivity index is 1.46. The topological polar surface area (TPSA) is 153 Å². The highest BCUT2D eigenvalue weighted by Crippen LogP contribution is 2.26. The maximum atomic E-state index is 13.7. The molecule has 4 rings (SSSR count). The lowest BCUT2D eigenvalue weighted by atomic mass is 10.0. The fourth-order valence-electron chi connectivity index (χ4n) is 4.90. The van der Waals surface area contributed by atoms with Gasteiger partial charge in [0.1, 0.15) is 12.1 Å². The Labute approximate surface area is 251 Å². The predicted octanol–water partition coefficient (Wildman–Crippen LogP) is 2.43. The molecular formula is C29H31ClN4O7S. The van der Waals surface area contributed by atoms with Gasteiger partial charge in [-0.3, -0.25) is 33.8 Å². The number of carboxylic acid groups (broad SMARTS) is 1. The van der Waals surface area contributed by atoms with Crippen LogP contribution < -0.4 is 10.6 Å². The van der Waals surface area contributed by atoms with Crippen molar-refractivity contribution in [2.75, 3.05) is 12.3 Å². The number of hydrogen-bond donors (Lipinski definition) is 3. The number of halogens is 1. The van der Waals surface area contributed by atoms with Gasteiger partial charge in [0.05, 0.1) is 18.2 Å². The van der Waals surface area contributed by atoms with E-state index in [-0.39, 0.29) is 37.5 Å². The molecule has 0 radical (unpaired) electrons. The zero-order chi connectivity index (χ0) is 30.2. The Morgan fingerprint density at radius 3 is 2.45 bits per heavy atom. The van der Waals surface area contributed by atoms with E-state index in [0.29, 0.717) is 22.8 Å². The van der Waals surface area contributed by atoms with E-state index in [1.165, 1.54) is 16.8 Å². The molecule has 11 nitrogen and oxygen atoms in total. The molecule has 2 fully saturated rings. The van der Waals surface area contributed by atoms with Crippen LogP contribution in [0, 0.1) is 0 Å². The van der Waals surface area contributed by atoms with E-state index in [1.807, 2.05) is 12.1 Å². The van der Waals surface area contributed by atoms with Gasteiger partial charge < -0.3 is 15.7 Å². The molecule has 0 saturated carbocycles. The highest BCUT2D eigenvalue weighted by Gasteiger charge is 2.45. The number of fused-ring (bicyclic) bond motifs is 1. The summed E-state index contributed by atoms with van der Waals surface area (Å²) in [6.45, 7) is 0.212. The van der Waals surface area contributed by atoms with Gasteiger partial charge in [-0.2, -0.15) is 0 Å². The number of aliphatic carboxylic acids is 1. The third kappa shape index (κ3) is 7.68. The van der Waals surface area contributed by atoms with Gasteiger partial charge in [-0.05, 0) is 43.0 Å². The van der Waals surface area contributed by atoms with Crippen LogP contribution in [0.4, 0.5) is 0 Å². The third-order valence-electron chi connectivity index (χ3n) is 7.05. The Morgan fingerprint density at radius 1 is 1.02 bits per heavy atom. The first-order chi connectivity index (χ1) is 20.2. The van der Waals surface area contributed by atoms with Crippen LogP contribution in [0.25, 0.3) is 0 Å². The Bertz CT molecular complexity index is 1360. The maximum Gasteiger partial charge on any atom is 0.305 e. The SMILES string of the molecule is O=C(O)C[C@H](NC(=O)[C@@H]1CCCN2C(=O)CC[C@H](NC(=O)c3ccccc3)C(=O)N12)C(=O)CSCc1ccccc1Cl. The van der Waals surface area contributed by atoms with Crippen LogP contribution >= 0.6 is 23.4 Å². The summed E-state index contributed by atoms with van der Waals surface area (Å²) < 4.78 is 0. The number of hydrazine groups is 1. The molecule has 2 aromatic rings. The van der Waals surface area contributed by atoms with Crippen molar-refractivity contribution in [1.29, 1.82) is 0 Å². The number of nitrogens with zero attached hydrogens (tertiary/aromatic N) is 2. The molecule has 2 heterocycles. The number of ketones is 1. The van der Waals surface area contributed by atoms with E-state index in [4.69, 9.17) is 11.6 Å². The van der Waals surface area contributed by atoms with Gasteiger partial charge in [-0.15, -0.1) is 11.8 Å². The lowest BCUT2D eigenvalue weighted by Crippen LogP contribution is -2.64. The monoisotopic (exact) mass is 614 g/mol. The second-order valence-corrected chi connectivity index (χ2v) is 11.4. The summed E-state index contributed by atoms with van der Waals surface area (Å²) in [5.41, 5.74) is 1.16. The van der Waals surface area contributed by atoms with E-state index >= 15 is 0 Å². The number of benzene rings is 2. The van der Waals surface area contributed by atoms with Gasteiger partial charge in [0.15, 0.2) is 5.78 Å². The number of thioether (sulfide) groups is 1. The lowest BCUT2D eigenvalue weighted by Gasteiger charge is -2.43. The Hall–Kier alpha value is -3.90. The molecular weight excluding hydrogens is 584 g/mol. The average Bonchev–Trinajstić information content (AvgIpc) is 3.10. The van der Waals surface area contributed by atoms with E-state index in [0.717, 1.165) is 10.6 Å². The second-order valence-electron chi connectivity index (χ2n) is 10.00. The van der Waals surface area contributed by atoms with Gasteiger partial charge in [0, 0.05) is 29.3 Å². The molecule has 0 aliphatic carbocycles. The standard InChI is InChI=1S/C29H31ClN4O7S/c30-20-10-5-4-9-19(20)16-42-17-24(35)22(15-26(37)38)32-28(40)23-11-6-14-33-25(36)13-12-21(29(41)34(23)33)31-27(39)18-7-2-1-3-8-18/h1-5,7-10,21-23H,6,11-17H2,(H,31,39)(H,32,40)(H,37,38)/t21-,22-,23-/m0/s1. The fourth-order valence-corrected chi connectivity index (χ4v) is 6.16. The summed E-state index contributed by atoms with van der Waals surface area (Å²) in [6.07, 6.45) is 0.00553. The average molecular weight is 615 g/mol. The second kappa shape index (κ2) is 14.3. The van der Waals surface area contributed by atoms with Gasteiger partial charge >= 0.3 is 5.97 Å². The number of Topliss-reactive ketones (excluding diaryl/α,β-unsaturated/α-hetero) is 1. The number of amides is 4. The Morgan fingerprint density at radius 2 is 1.74 bits per heavy atom. The first-order valence-corrected chi connectivity index (χ1v) is 15.0. The molecule has 2 aliphatic heterocycles. The van der Waals surface area contributed by atoms with E-state index in [1.54, 1.807) is 42.5 Å². The van der Waals surface area contributed by atoms with Gasteiger partial charge in [0.25, 0.3) is 11.8 Å². The first kappa shape index (κ1) is 31.0. The summed E-state index contributed by atoms with van der Waals surface area (Å²) >= 11 is 7.40. The van der Waals surface area contributed by atoms with Crippen LogP contribution in [0.5, 0.6) is 0 Å². The maximum absolute atomic E-state index is 13.7. The highest BCUT2D eigenvalue weighted by molar-refractivity contribution is 7.99. The van der Waals surface area contributed by atoms with Crippen LogP contribution in [-0.4, -0.2) is 80.9 Å². The molecule has 222 valence electrons. The van der Waals surface area contributed by atoms with Crippen molar-refractivity contribution >= 4 is 58.7 Å². The van der Waals surface area contributed by atoms with Crippen molar-refractivity contribution in [3.8, 4) is 0 Å². The summed E-state index contributed by atoms with van der Waals surface area (Å²) in [5, 5.41) is 17.5. The van der Waals surface area contributed by atoms with Gasteiger partial charge in [-0.1, -0.05) is 48.0 Å². The highest BCUT2D eigenvalue weighted by atomic mass is 35.5. The lowest BCUT2D eigenvalue weighted by molar-refractivity contribution is -0.176. The molecule has 42 heavy (non-hydrogen) atoms. The number of carbonyl (C=O) groups is 6. The van der Waals surface area contributed by atoms with E-state index in [9.17, 15) is 33.9 Å². The number of hydrogen-bond acceptors (Lipinski definition) is 7. The number of nitrogens with one attached hydrogen (secondary N) is 2. The van der Waals surface area contributed by atoms with Crippen LogP contribution in [0.3, 0.4) is 0 Å². The van der Waals surface area contributed by atoms with Crippen molar-refractivity contribution in [3.05, 3.63) is 70.7 Å². The largest absolute Gasteiger partial charge is 0.481 e. The summed E-state index contributed by atoms with van der Waals surface area (Å²) in [6, 6.07) is 11.9. The molecule has 0 bridgehead atoms. The van der Waals surface area contributed by atoms with Crippen molar-refractivity contribution in [3.63, 3.8) is 0 Å². The summed E-state index contributed by atoms with van der Waals surface area (Å²) in [4.78, 5) is 77.5.